The Morgan fingerprint density at radius 2 is 2.00 bits per heavy atom. The average Bonchev–Trinajstić information content (AvgIpc) is 2.71. The van der Waals surface area contributed by atoms with Gasteiger partial charge in [0.2, 0.25) is 0 Å². The van der Waals surface area contributed by atoms with Crippen molar-refractivity contribution < 1.29 is 9.47 Å². The molecule has 1 aliphatic rings. The molecule has 1 heterocycles. The summed E-state index contributed by atoms with van der Waals surface area (Å²) >= 11 is 1.93. The van der Waals surface area contributed by atoms with Gasteiger partial charge in [-0.2, -0.15) is 11.8 Å². The lowest BCUT2D eigenvalue weighted by Gasteiger charge is -2.36. The molecule has 0 aliphatic carbocycles. The molecule has 5 nitrogen and oxygen atoms in total. The number of hydrogen-bond acceptors (Lipinski definition) is 4. The molecular formula is C20H33N3O2S. The molecule has 6 heteroatoms. The molecule has 0 radical (unpaired) electrons. The first kappa shape index (κ1) is 21.1. The molecule has 26 heavy (non-hydrogen) atoms. The monoisotopic (exact) mass is 379 g/mol. The summed E-state index contributed by atoms with van der Waals surface area (Å²) in [6, 6.07) is 10.3. The topological polar surface area (TPSA) is 54.9 Å². The van der Waals surface area contributed by atoms with Gasteiger partial charge in [-0.1, -0.05) is 30.3 Å². The number of aliphatic imine (C=N–C) groups is 1. The van der Waals surface area contributed by atoms with Crippen LogP contribution in [0.25, 0.3) is 0 Å². The summed E-state index contributed by atoms with van der Waals surface area (Å²) in [6.45, 7) is 6.29. The molecule has 1 aromatic carbocycles. The smallest absolute Gasteiger partial charge is 0.191 e. The van der Waals surface area contributed by atoms with E-state index < -0.39 is 0 Å². The number of hydrogen-bond donors (Lipinski definition) is 2. The molecule has 0 saturated carbocycles. The van der Waals surface area contributed by atoms with Gasteiger partial charge in [0.15, 0.2) is 5.96 Å². The molecule has 0 bridgehead atoms. The summed E-state index contributed by atoms with van der Waals surface area (Å²) in [4.78, 5) is 4.33. The molecule has 1 atom stereocenters. The number of rotatable bonds is 9. The van der Waals surface area contributed by atoms with Crippen LogP contribution in [0, 0.1) is 0 Å². The van der Waals surface area contributed by atoms with Crippen molar-refractivity contribution in [3.05, 3.63) is 35.9 Å². The van der Waals surface area contributed by atoms with Gasteiger partial charge in [-0.25, -0.2) is 0 Å². The maximum Gasteiger partial charge on any atom is 0.191 e. The predicted octanol–water partition coefficient (Wildman–Crippen LogP) is 3.23. The number of benzene rings is 1. The van der Waals surface area contributed by atoms with Crippen molar-refractivity contribution in [3.8, 4) is 0 Å². The molecule has 1 aromatic rings. The Kier molecular flexibility index (Phi) is 9.29. The second kappa shape index (κ2) is 11.5. The molecule has 2 rings (SSSR count). The molecule has 0 amide bonds. The quantitative estimate of drug-likeness (QED) is 0.392. The van der Waals surface area contributed by atoms with E-state index >= 15 is 0 Å². The van der Waals surface area contributed by atoms with Crippen LogP contribution in [0.5, 0.6) is 0 Å². The lowest BCUT2D eigenvalue weighted by molar-refractivity contribution is 0.0646. The number of thioether (sulfide) groups is 1. The Morgan fingerprint density at radius 3 is 2.65 bits per heavy atom. The first-order valence-electron chi connectivity index (χ1n) is 9.43. The van der Waals surface area contributed by atoms with Gasteiger partial charge < -0.3 is 20.1 Å². The molecule has 0 aromatic heterocycles. The highest BCUT2D eigenvalue weighted by atomic mass is 32.2. The molecule has 0 spiro atoms. The maximum absolute atomic E-state index is 5.91. The summed E-state index contributed by atoms with van der Waals surface area (Å²) in [7, 11) is 1.82. The zero-order valence-electron chi connectivity index (χ0n) is 16.3. The van der Waals surface area contributed by atoms with E-state index in [1.54, 1.807) is 0 Å². The first-order chi connectivity index (χ1) is 12.7. The van der Waals surface area contributed by atoms with Crippen LogP contribution < -0.4 is 10.6 Å². The molecule has 1 aliphatic heterocycles. The summed E-state index contributed by atoms with van der Waals surface area (Å²) < 4.78 is 11.7. The summed E-state index contributed by atoms with van der Waals surface area (Å²) in [5.41, 5.74) is 1.22. The van der Waals surface area contributed by atoms with Crippen molar-refractivity contribution in [1.82, 2.24) is 10.6 Å². The minimum atomic E-state index is 0.128. The molecule has 1 unspecified atom stereocenters. The minimum absolute atomic E-state index is 0.128. The van der Waals surface area contributed by atoms with E-state index in [4.69, 9.17) is 9.47 Å². The van der Waals surface area contributed by atoms with Crippen LogP contribution in [0.3, 0.4) is 0 Å². The SMILES string of the molecule is CN=C(NCCCOC(C)c1ccccc1)NCC1(SC)CCOCC1. The minimum Gasteiger partial charge on any atom is -0.381 e. The zero-order chi connectivity index (χ0) is 18.7. The molecule has 146 valence electrons. The zero-order valence-corrected chi connectivity index (χ0v) is 17.1. The predicted molar refractivity (Wildman–Crippen MR) is 111 cm³/mol. The highest BCUT2D eigenvalue weighted by Gasteiger charge is 2.31. The van der Waals surface area contributed by atoms with Crippen LogP contribution in [0.4, 0.5) is 0 Å². The highest BCUT2D eigenvalue weighted by molar-refractivity contribution is 8.00. The second-order valence-electron chi connectivity index (χ2n) is 6.63. The van der Waals surface area contributed by atoms with Gasteiger partial charge in [0, 0.05) is 44.7 Å². The summed E-state index contributed by atoms with van der Waals surface area (Å²) in [5.74, 6) is 0.862. The van der Waals surface area contributed by atoms with Crippen LogP contribution >= 0.6 is 11.8 Å². The van der Waals surface area contributed by atoms with E-state index in [2.05, 4.69) is 40.9 Å². The van der Waals surface area contributed by atoms with Crippen molar-refractivity contribution in [2.45, 2.75) is 37.0 Å². The van der Waals surface area contributed by atoms with Gasteiger partial charge in [-0.15, -0.1) is 0 Å². The van der Waals surface area contributed by atoms with E-state index in [0.29, 0.717) is 0 Å². The molecule has 1 fully saturated rings. The van der Waals surface area contributed by atoms with Crippen LogP contribution in [0.15, 0.2) is 35.3 Å². The van der Waals surface area contributed by atoms with Gasteiger partial charge in [0.1, 0.15) is 0 Å². The van der Waals surface area contributed by atoms with Crippen molar-refractivity contribution in [3.63, 3.8) is 0 Å². The largest absolute Gasteiger partial charge is 0.381 e. The Labute approximate surface area is 162 Å². The van der Waals surface area contributed by atoms with Gasteiger partial charge in [-0.05, 0) is 38.0 Å². The fourth-order valence-electron chi connectivity index (χ4n) is 3.02. The number of guanidine groups is 1. The summed E-state index contributed by atoms with van der Waals surface area (Å²) in [5, 5.41) is 6.86. The van der Waals surface area contributed by atoms with E-state index in [-0.39, 0.29) is 10.9 Å². The third-order valence-electron chi connectivity index (χ3n) is 4.89. The van der Waals surface area contributed by atoms with Crippen LogP contribution in [0.1, 0.15) is 37.9 Å². The molecular weight excluding hydrogens is 346 g/mol. The Bertz CT molecular complexity index is 533. The van der Waals surface area contributed by atoms with E-state index in [1.807, 2.05) is 37.0 Å². The third-order valence-corrected chi connectivity index (χ3v) is 6.31. The Balaban J connectivity index is 1.63. The normalized spacial score (nSPS) is 18.3. The van der Waals surface area contributed by atoms with E-state index in [1.165, 1.54) is 5.56 Å². The standard InChI is InChI=1S/C20H33N3O2S/c1-17(18-8-5-4-6-9-18)25-13-7-12-22-19(21-2)23-16-20(26-3)10-14-24-15-11-20/h4-6,8-9,17H,7,10-16H2,1-3H3,(H2,21,22,23). The average molecular weight is 380 g/mol. The van der Waals surface area contributed by atoms with Gasteiger partial charge in [0.25, 0.3) is 0 Å². The van der Waals surface area contributed by atoms with E-state index in [0.717, 1.165) is 58.1 Å². The number of nitrogens with one attached hydrogen (secondary N) is 2. The second-order valence-corrected chi connectivity index (χ2v) is 7.90. The van der Waals surface area contributed by atoms with Crippen molar-refractivity contribution in [2.75, 3.05) is 46.2 Å². The Morgan fingerprint density at radius 1 is 1.27 bits per heavy atom. The summed E-state index contributed by atoms with van der Waals surface area (Å²) in [6.07, 6.45) is 5.43. The number of nitrogens with zero attached hydrogens (tertiary/aromatic N) is 1. The third kappa shape index (κ3) is 6.82. The lowest BCUT2D eigenvalue weighted by atomic mass is 9.99. The van der Waals surface area contributed by atoms with Crippen LogP contribution in [0.2, 0.25) is 0 Å². The van der Waals surface area contributed by atoms with Crippen molar-refractivity contribution in [1.29, 1.82) is 0 Å². The van der Waals surface area contributed by atoms with Crippen molar-refractivity contribution >= 4 is 17.7 Å². The number of ether oxygens (including phenoxy) is 2. The highest BCUT2D eigenvalue weighted by Crippen LogP contribution is 2.32. The van der Waals surface area contributed by atoms with Crippen LogP contribution in [-0.4, -0.2) is 56.9 Å². The fraction of sp³-hybridized carbons (Fsp3) is 0.650. The molecule has 1 saturated heterocycles. The van der Waals surface area contributed by atoms with Gasteiger partial charge in [-0.3, -0.25) is 4.99 Å². The van der Waals surface area contributed by atoms with E-state index in [9.17, 15) is 0 Å². The van der Waals surface area contributed by atoms with Crippen molar-refractivity contribution in [2.24, 2.45) is 4.99 Å². The fourth-order valence-corrected chi connectivity index (χ4v) is 3.81. The lowest BCUT2D eigenvalue weighted by Crippen LogP contribution is -2.48. The maximum atomic E-state index is 5.91. The van der Waals surface area contributed by atoms with Gasteiger partial charge in [0.05, 0.1) is 6.10 Å². The van der Waals surface area contributed by atoms with Crippen LogP contribution in [-0.2, 0) is 9.47 Å². The van der Waals surface area contributed by atoms with Gasteiger partial charge >= 0.3 is 0 Å². The Hall–Kier alpha value is -1.24. The molecule has 2 N–H and O–H groups in total. The first-order valence-corrected chi connectivity index (χ1v) is 10.7.